The number of hydrogen-bond donors (Lipinski definition) is 0. The van der Waals surface area contributed by atoms with Crippen molar-refractivity contribution < 1.29 is 28.2 Å². The lowest BCUT2D eigenvalue weighted by molar-refractivity contribution is -0.145. The summed E-state index contributed by atoms with van der Waals surface area (Å²) in [6.45, 7) is 9.68. The Morgan fingerprint density at radius 2 is 1.58 bits per heavy atom. The maximum atomic E-state index is 12.7. The van der Waals surface area contributed by atoms with E-state index in [2.05, 4.69) is 6.92 Å². The second kappa shape index (κ2) is 10.6. The average Bonchev–Trinajstić information content (AvgIpc) is 3.28. The number of alkyl halides is 1. The first-order valence-electron chi connectivity index (χ1n) is 9.02. The van der Waals surface area contributed by atoms with Gasteiger partial charge < -0.3 is 14.2 Å². The Morgan fingerprint density at radius 1 is 1.00 bits per heavy atom. The van der Waals surface area contributed by atoms with Crippen molar-refractivity contribution in [2.24, 2.45) is 11.8 Å². The van der Waals surface area contributed by atoms with Gasteiger partial charge >= 0.3 is 11.9 Å². The van der Waals surface area contributed by atoms with Crippen LogP contribution in [-0.4, -0.2) is 43.5 Å². The van der Waals surface area contributed by atoms with Crippen molar-refractivity contribution in [2.75, 3.05) is 13.2 Å². The van der Waals surface area contributed by atoms with Crippen molar-refractivity contribution in [1.82, 2.24) is 0 Å². The van der Waals surface area contributed by atoms with Crippen LogP contribution in [0.5, 0.6) is 0 Å². The predicted molar refractivity (Wildman–Crippen MR) is 88.2 cm³/mol. The molecule has 3 fully saturated rings. The van der Waals surface area contributed by atoms with Crippen LogP contribution in [0.15, 0.2) is 0 Å². The number of halogens is 1. The van der Waals surface area contributed by atoms with Gasteiger partial charge in [0.25, 0.3) is 0 Å². The highest BCUT2D eigenvalue weighted by molar-refractivity contribution is 5.77. The van der Waals surface area contributed by atoms with Gasteiger partial charge in [0.1, 0.15) is 12.2 Å². The fourth-order valence-corrected chi connectivity index (χ4v) is 2.90. The molecular weight excluding hydrogens is 315 g/mol. The Hall–Kier alpha value is -1.17. The molecule has 6 heteroatoms. The number of ether oxygens (including phenoxy) is 3. The molecule has 0 aromatic heterocycles. The molecule has 3 aliphatic heterocycles. The van der Waals surface area contributed by atoms with Gasteiger partial charge in [0.05, 0.1) is 6.42 Å². The van der Waals surface area contributed by atoms with Crippen LogP contribution in [0, 0.1) is 11.8 Å². The summed E-state index contributed by atoms with van der Waals surface area (Å²) in [4.78, 5) is 21.2. The third-order valence-corrected chi connectivity index (χ3v) is 4.58. The van der Waals surface area contributed by atoms with Crippen LogP contribution >= 0.6 is 0 Å². The van der Waals surface area contributed by atoms with Crippen LogP contribution in [0.1, 0.15) is 59.8 Å². The monoisotopic (exact) mass is 346 g/mol. The second-order valence-electron chi connectivity index (χ2n) is 6.58. The SMILES string of the molecule is C1CCOC1.CC[C@H]1OC(=O)C(F)[C@@H]1C.CC[C@H]1OC(=O)C[C@@H]1C. The zero-order chi connectivity index (χ0) is 18.1. The molecule has 0 saturated carbocycles. The first-order chi connectivity index (χ1) is 11.4. The Kier molecular flexibility index (Phi) is 9.26. The molecule has 3 saturated heterocycles. The minimum atomic E-state index is -1.40. The number of rotatable bonds is 2. The second-order valence-corrected chi connectivity index (χ2v) is 6.58. The maximum absolute atomic E-state index is 12.7. The zero-order valence-corrected chi connectivity index (χ0v) is 15.3. The molecule has 0 aromatic carbocycles. The molecule has 3 rings (SSSR count). The van der Waals surface area contributed by atoms with Gasteiger partial charge in [-0.1, -0.05) is 27.7 Å². The summed E-state index contributed by atoms with van der Waals surface area (Å²) in [6.07, 6.45) is 3.41. The van der Waals surface area contributed by atoms with Gasteiger partial charge in [-0.3, -0.25) is 4.79 Å². The number of esters is 2. The largest absolute Gasteiger partial charge is 0.462 e. The predicted octanol–water partition coefficient (Wildman–Crippen LogP) is 3.44. The molecule has 0 aliphatic carbocycles. The quantitative estimate of drug-likeness (QED) is 0.717. The van der Waals surface area contributed by atoms with E-state index in [1.54, 1.807) is 6.92 Å². The van der Waals surface area contributed by atoms with Gasteiger partial charge in [-0.05, 0) is 25.7 Å². The highest BCUT2D eigenvalue weighted by atomic mass is 19.1. The summed E-state index contributed by atoms with van der Waals surface area (Å²) in [5, 5.41) is 0. The topological polar surface area (TPSA) is 61.8 Å². The molecule has 0 spiro atoms. The lowest BCUT2D eigenvalue weighted by Gasteiger charge is -2.09. The Bertz CT molecular complexity index is 389. The number of carbonyl (C=O) groups is 2. The van der Waals surface area contributed by atoms with Crippen molar-refractivity contribution in [2.45, 2.75) is 78.2 Å². The van der Waals surface area contributed by atoms with Gasteiger partial charge in [0.15, 0.2) is 0 Å². The average molecular weight is 346 g/mol. The Balaban J connectivity index is 0.000000189. The molecule has 0 N–H and O–H groups in total. The third-order valence-electron chi connectivity index (χ3n) is 4.58. The van der Waals surface area contributed by atoms with Crippen molar-refractivity contribution >= 4 is 11.9 Å². The first-order valence-corrected chi connectivity index (χ1v) is 9.02. The van der Waals surface area contributed by atoms with Crippen LogP contribution in [0.3, 0.4) is 0 Å². The maximum Gasteiger partial charge on any atom is 0.341 e. The van der Waals surface area contributed by atoms with Crippen molar-refractivity contribution in [3.05, 3.63) is 0 Å². The van der Waals surface area contributed by atoms with Crippen molar-refractivity contribution in [3.8, 4) is 0 Å². The fraction of sp³-hybridized carbons (Fsp3) is 0.889. The normalized spacial score (nSPS) is 34.6. The van der Waals surface area contributed by atoms with E-state index in [4.69, 9.17) is 14.2 Å². The minimum Gasteiger partial charge on any atom is -0.462 e. The van der Waals surface area contributed by atoms with Crippen LogP contribution in [0.2, 0.25) is 0 Å². The highest BCUT2D eigenvalue weighted by Gasteiger charge is 2.40. The van der Waals surface area contributed by atoms with Crippen LogP contribution in [0.25, 0.3) is 0 Å². The summed E-state index contributed by atoms with van der Waals surface area (Å²) in [5.41, 5.74) is 0. The standard InChI is InChI=1S/C7H11FO2.C7H12O2.C4H8O/c1-3-5-4(2)6(8)7(9)10-5;1-3-6-5(2)4-7(8)9-6;1-2-4-5-3-1/h4-6H,3H2,1-2H3;5-6H,3-4H2,1-2H3;1-4H2/t4-,5-,6?;5-,6+;/m10./s1. The Morgan fingerprint density at radius 3 is 1.79 bits per heavy atom. The number of hydrogen-bond acceptors (Lipinski definition) is 5. The van der Waals surface area contributed by atoms with E-state index in [0.717, 1.165) is 19.6 Å². The number of cyclic esters (lactones) is 2. The summed E-state index contributed by atoms with van der Waals surface area (Å²) >= 11 is 0. The summed E-state index contributed by atoms with van der Waals surface area (Å²) in [5.74, 6) is -0.561. The van der Waals surface area contributed by atoms with E-state index in [1.165, 1.54) is 12.8 Å². The van der Waals surface area contributed by atoms with E-state index < -0.39 is 12.1 Å². The molecular formula is C18H31FO5. The van der Waals surface area contributed by atoms with E-state index in [0.29, 0.717) is 18.8 Å². The van der Waals surface area contributed by atoms with Gasteiger partial charge in [-0.2, -0.15) is 0 Å². The third kappa shape index (κ3) is 6.38. The molecule has 140 valence electrons. The zero-order valence-electron chi connectivity index (χ0n) is 15.3. The van der Waals surface area contributed by atoms with Gasteiger partial charge in [0, 0.05) is 25.0 Å². The lowest BCUT2D eigenvalue weighted by Crippen LogP contribution is -2.17. The minimum absolute atomic E-state index is 0.0330. The highest BCUT2D eigenvalue weighted by Crippen LogP contribution is 2.26. The number of carbonyl (C=O) groups excluding carboxylic acids is 2. The molecule has 0 bridgehead atoms. The van der Waals surface area contributed by atoms with Crippen molar-refractivity contribution in [1.29, 1.82) is 0 Å². The lowest BCUT2D eigenvalue weighted by atomic mass is 10.0. The molecule has 0 aromatic rings. The fourth-order valence-electron chi connectivity index (χ4n) is 2.90. The Labute approximate surface area is 144 Å². The smallest absolute Gasteiger partial charge is 0.341 e. The molecule has 0 amide bonds. The molecule has 5 atom stereocenters. The summed E-state index contributed by atoms with van der Waals surface area (Å²) in [7, 11) is 0. The van der Waals surface area contributed by atoms with E-state index in [9.17, 15) is 14.0 Å². The van der Waals surface area contributed by atoms with Crippen LogP contribution in [0.4, 0.5) is 4.39 Å². The van der Waals surface area contributed by atoms with Gasteiger partial charge in [-0.25, -0.2) is 9.18 Å². The molecule has 24 heavy (non-hydrogen) atoms. The molecule has 3 heterocycles. The molecule has 5 nitrogen and oxygen atoms in total. The van der Waals surface area contributed by atoms with E-state index in [-0.39, 0.29) is 24.1 Å². The molecule has 1 unspecified atom stereocenters. The van der Waals surface area contributed by atoms with E-state index in [1.807, 2.05) is 13.8 Å². The molecule has 3 aliphatic rings. The molecule has 0 radical (unpaired) electrons. The summed E-state index contributed by atoms with van der Waals surface area (Å²) in [6, 6.07) is 0. The first kappa shape index (κ1) is 20.9. The summed E-state index contributed by atoms with van der Waals surface area (Å²) < 4.78 is 27.3. The van der Waals surface area contributed by atoms with Gasteiger partial charge in [0.2, 0.25) is 6.17 Å². The van der Waals surface area contributed by atoms with Crippen LogP contribution in [-0.2, 0) is 23.8 Å². The van der Waals surface area contributed by atoms with Crippen LogP contribution < -0.4 is 0 Å². The van der Waals surface area contributed by atoms with E-state index >= 15 is 0 Å². The van der Waals surface area contributed by atoms with Crippen molar-refractivity contribution in [3.63, 3.8) is 0 Å². The van der Waals surface area contributed by atoms with Gasteiger partial charge in [-0.15, -0.1) is 0 Å².